The number of pyridine rings is 2. The predicted molar refractivity (Wildman–Crippen MR) is 193 cm³/mol. The average Bonchev–Trinajstić information content (AvgIpc) is 3.18. The van der Waals surface area contributed by atoms with Gasteiger partial charge in [-0.25, -0.2) is 9.97 Å². The molecule has 16 heteroatoms. The molecular weight excluding hydrogens is 704 g/mol. The highest BCUT2D eigenvalue weighted by Crippen LogP contribution is 2.37. The van der Waals surface area contributed by atoms with Crippen molar-refractivity contribution in [3.8, 4) is 46.3 Å². The molecule has 0 radical (unpaired) electrons. The summed E-state index contributed by atoms with van der Waals surface area (Å²) in [5, 5.41) is 44.3. The molecule has 0 spiro atoms. The molecule has 4 aromatic carbocycles. The van der Waals surface area contributed by atoms with Gasteiger partial charge in [0.1, 0.15) is 36.1 Å². The van der Waals surface area contributed by atoms with Gasteiger partial charge in [0.05, 0.1) is 14.2 Å². The number of carboxylic acids is 2. The number of hydrogen-bond acceptors (Lipinski definition) is 12. The van der Waals surface area contributed by atoms with Gasteiger partial charge in [0.25, 0.3) is 11.8 Å². The molecule has 0 saturated heterocycles. The van der Waals surface area contributed by atoms with Crippen LogP contribution in [0.1, 0.15) is 21.0 Å². The number of carbonyl (C=O) groups is 4. The van der Waals surface area contributed by atoms with Crippen LogP contribution < -0.4 is 29.6 Å². The van der Waals surface area contributed by atoms with E-state index >= 15 is 0 Å². The molecule has 2 amide bonds. The van der Waals surface area contributed by atoms with E-state index in [-0.39, 0.29) is 34.6 Å². The topological polar surface area (TPSA) is 236 Å². The number of nitrogens with one attached hydrogen (secondary N) is 2. The Labute approximate surface area is 306 Å². The molecule has 2 aromatic heterocycles. The van der Waals surface area contributed by atoms with Gasteiger partial charge in [-0.15, -0.1) is 0 Å². The highest BCUT2D eigenvalue weighted by molar-refractivity contribution is 6.05. The van der Waals surface area contributed by atoms with Crippen molar-refractivity contribution in [3.05, 3.63) is 108 Å². The van der Waals surface area contributed by atoms with Crippen molar-refractivity contribution < 1.29 is 58.6 Å². The number of aromatic nitrogens is 2. The molecule has 0 atom stereocenters. The molecular formula is C38H32N4O12. The minimum Gasteiger partial charge on any atom is -0.505 e. The van der Waals surface area contributed by atoms with E-state index in [1.165, 1.54) is 7.11 Å². The molecule has 0 bridgehead atoms. The van der Waals surface area contributed by atoms with Crippen LogP contribution in [-0.2, 0) is 9.59 Å². The minimum absolute atomic E-state index is 0.0946. The van der Waals surface area contributed by atoms with E-state index in [2.05, 4.69) is 20.6 Å². The smallest absolute Gasteiger partial charge is 0.322 e. The summed E-state index contributed by atoms with van der Waals surface area (Å²) in [6, 6.07) is 27.1. The van der Waals surface area contributed by atoms with Gasteiger partial charge in [0.2, 0.25) is 11.8 Å². The summed E-state index contributed by atoms with van der Waals surface area (Å²) in [6.45, 7) is -1.19. The highest BCUT2D eigenvalue weighted by atomic mass is 16.5. The van der Waals surface area contributed by atoms with Crippen LogP contribution in [0, 0.1) is 0 Å². The number of benzene rings is 4. The number of methoxy groups -OCH3 is 2. The van der Waals surface area contributed by atoms with Gasteiger partial charge in [0.15, 0.2) is 22.9 Å². The molecule has 0 aliphatic heterocycles. The van der Waals surface area contributed by atoms with Crippen molar-refractivity contribution in [3.63, 3.8) is 0 Å². The SMILES string of the molecule is COc1ccc(Oc2nc(C(=O)NCC(=O)O)c(O)c3ccccc23)cc1.COc1cccc(Oc2nc(C(=O)NCC(=O)O)c(O)c3ccccc23)c1. The van der Waals surface area contributed by atoms with Gasteiger partial charge in [0, 0.05) is 27.6 Å². The number of rotatable bonds is 12. The molecule has 0 aliphatic rings. The van der Waals surface area contributed by atoms with Crippen molar-refractivity contribution in [1.82, 2.24) is 20.6 Å². The zero-order chi connectivity index (χ0) is 38.8. The van der Waals surface area contributed by atoms with E-state index in [9.17, 15) is 29.4 Å². The first-order valence-electron chi connectivity index (χ1n) is 15.9. The highest BCUT2D eigenvalue weighted by Gasteiger charge is 2.22. The molecule has 0 aliphatic carbocycles. The van der Waals surface area contributed by atoms with E-state index in [1.807, 2.05) is 0 Å². The maximum Gasteiger partial charge on any atom is 0.322 e. The fourth-order valence-electron chi connectivity index (χ4n) is 4.92. The Morgan fingerprint density at radius 1 is 0.537 bits per heavy atom. The summed E-state index contributed by atoms with van der Waals surface area (Å²) < 4.78 is 21.8. The first-order chi connectivity index (χ1) is 26.0. The number of ether oxygens (including phenoxy) is 4. The van der Waals surface area contributed by atoms with Gasteiger partial charge < -0.3 is 50.0 Å². The summed E-state index contributed by atoms with van der Waals surface area (Å²) in [4.78, 5) is 54.0. The maximum atomic E-state index is 12.2. The van der Waals surface area contributed by atoms with E-state index < -0.39 is 36.8 Å². The number of fused-ring (bicyclic) bond motifs is 2. The van der Waals surface area contributed by atoms with Crippen molar-refractivity contribution >= 4 is 45.3 Å². The lowest BCUT2D eigenvalue weighted by atomic mass is 10.1. The lowest BCUT2D eigenvalue weighted by Crippen LogP contribution is -2.30. The summed E-state index contributed by atoms with van der Waals surface area (Å²) in [7, 11) is 3.07. The van der Waals surface area contributed by atoms with Crippen molar-refractivity contribution in [1.29, 1.82) is 0 Å². The quantitative estimate of drug-likeness (QED) is 0.0958. The molecule has 0 fully saturated rings. The monoisotopic (exact) mass is 736 g/mol. The number of aliphatic carboxylic acids is 2. The number of hydrogen-bond donors (Lipinski definition) is 6. The normalized spacial score (nSPS) is 10.4. The van der Waals surface area contributed by atoms with Crippen LogP contribution in [0.15, 0.2) is 97.1 Å². The van der Waals surface area contributed by atoms with Crippen molar-refractivity contribution in [2.75, 3.05) is 27.3 Å². The number of nitrogens with zero attached hydrogens (tertiary/aromatic N) is 2. The summed E-state index contributed by atoms with van der Waals surface area (Å²) in [5.74, 6) is -2.46. The fourth-order valence-corrected chi connectivity index (χ4v) is 4.92. The maximum absolute atomic E-state index is 12.2. The molecule has 0 unspecified atom stereocenters. The summed E-state index contributed by atoms with van der Waals surface area (Å²) >= 11 is 0. The second kappa shape index (κ2) is 17.1. The van der Waals surface area contributed by atoms with Gasteiger partial charge in [-0.3, -0.25) is 19.2 Å². The average molecular weight is 737 g/mol. The Morgan fingerprint density at radius 2 is 0.944 bits per heavy atom. The Hall–Kier alpha value is -7.62. The van der Waals surface area contributed by atoms with Crippen LogP contribution >= 0.6 is 0 Å². The van der Waals surface area contributed by atoms with Gasteiger partial charge >= 0.3 is 11.9 Å². The Bertz CT molecular complexity index is 2350. The Kier molecular flexibility index (Phi) is 11.9. The van der Waals surface area contributed by atoms with Crippen molar-refractivity contribution in [2.45, 2.75) is 0 Å². The number of carboxylic acid groups (broad SMARTS) is 2. The number of aromatic hydroxyl groups is 2. The molecule has 276 valence electrons. The van der Waals surface area contributed by atoms with E-state index in [0.29, 0.717) is 44.5 Å². The van der Waals surface area contributed by atoms with Crippen LogP contribution in [0.2, 0.25) is 0 Å². The lowest BCUT2D eigenvalue weighted by molar-refractivity contribution is -0.136. The fraction of sp³-hybridized carbons (Fsp3) is 0.105. The first-order valence-corrected chi connectivity index (χ1v) is 15.9. The van der Waals surface area contributed by atoms with Gasteiger partial charge in [-0.1, -0.05) is 42.5 Å². The van der Waals surface area contributed by atoms with Crippen LogP contribution in [0.3, 0.4) is 0 Å². The third-order valence-corrected chi connectivity index (χ3v) is 7.46. The predicted octanol–water partition coefficient (Wildman–Crippen LogP) is 5.11. The number of carbonyl (C=O) groups excluding carboxylic acids is 2. The minimum atomic E-state index is -1.21. The second-order valence-electron chi connectivity index (χ2n) is 11.0. The van der Waals surface area contributed by atoms with Crippen molar-refractivity contribution in [2.24, 2.45) is 0 Å². The van der Waals surface area contributed by atoms with Gasteiger partial charge in [-0.2, -0.15) is 0 Å². The van der Waals surface area contributed by atoms with E-state index in [4.69, 9.17) is 29.2 Å². The van der Waals surface area contributed by atoms with Crippen LogP contribution in [0.5, 0.6) is 46.3 Å². The second-order valence-corrected chi connectivity index (χ2v) is 11.0. The van der Waals surface area contributed by atoms with E-state index in [0.717, 1.165) is 0 Å². The van der Waals surface area contributed by atoms with Crippen LogP contribution in [0.4, 0.5) is 0 Å². The molecule has 2 heterocycles. The standard InChI is InChI=1S/2C19H16N2O6/c1-26-11-5-4-6-12(9-11)27-19-14-8-3-2-7-13(14)17(24)16(21-19)18(25)20-10-15(22)23;1-26-11-6-8-12(9-7-11)27-19-14-5-3-2-4-13(14)17(24)16(21-19)18(25)20-10-15(22)23/h2*2-9,24H,10H2,1H3,(H,20,25)(H,22,23). The van der Waals surface area contributed by atoms with E-state index in [1.54, 1.807) is 104 Å². The van der Waals surface area contributed by atoms with Gasteiger partial charge in [-0.05, 0) is 48.5 Å². The Morgan fingerprint density at radius 3 is 1.39 bits per heavy atom. The first kappa shape index (κ1) is 37.6. The van der Waals surface area contributed by atoms with Crippen LogP contribution in [0.25, 0.3) is 21.5 Å². The Balaban J connectivity index is 0.000000208. The summed E-state index contributed by atoms with van der Waals surface area (Å²) in [6.07, 6.45) is 0. The number of amides is 2. The van der Waals surface area contributed by atoms with Crippen LogP contribution in [-0.4, -0.2) is 81.5 Å². The largest absolute Gasteiger partial charge is 0.505 e. The molecule has 6 rings (SSSR count). The lowest BCUT2D eigenvalue weighted by Gasteiger charge is -2.13. The third kappa shape index (κ3) is 8.99. The molecule has 6 aromatic rings. The molecule has 54 heavy (non-hydrogen) atoms. The molecule has 6 N–H and O–H groups in total. The zero-order valence-corrected chi connectivity index (χ0v) is 28.6. The molecule has 0 saturated carbocycles. The molecule has 16 nitrogen and oxygen atoms in total. The summed E-state index contributed by atoms with van der Waals surface area (Å²) in [5.41, 5.74) is -0.647. The zero-order valence-electron chi connectivity index (χ0n) is 28.6. The third-order valence-electron chi connectivity index (χ3n) is 7.46.